The molecule has 2 rings (SSSR count). The molecule has 9 atom stereocenters. The van der Waals surface area contributed by atoms with Crippen molar-refractivity contribution in [2.24, 2.45) is 0 Å². The van der Waals surface area contributed by atoms with Crippen LogP contribution in [0.4, 0.5) is 0 Å². The molecule has 0 radical (unpaired) electrons. The van der Waals surface area contributed by atoms with Crippen LogP contribution in [0.15, 0.2) is 0 Å². The molecule has 0 spiro atoms. The molecule has 19 heteroatoms. The molecule has 0 saturated carbocycles. The summed E-state index contributed by atoms with van der Waals surface area (Å²) in [6.07, 6.45) is -14.7. The van der Waals surface area contributed by atoms with Gasteiger partial charge in [0.1, 0.15) is 43.4 Å². The van der Waals surface area contributed by atoms with Gasteiger partial charge in [-0.1, -0.05) is 0 Å². The Morgan fingerprint density at radius 3 is 2.03 bits per heavy atom. The van der Waals surface area contributed by atoms with Gasteiger partial charge in [-0.05, 0) is 0 Å². The van der Waals surface area contributed by atoms with Crippen LogP contribution in [0.5, 0.6) is 0 Å². The molecule has 0 aliphatic carbocycles. The van der Waals surface area contributed by atoms with Crippen LogP contribution < -0.4 is 0 Å². The Hall–Kier alpha value is -0.620. The maximum absolute atomic E-state index is 12.0. The highest BCUT2D eigenvalue weighted by atomic mass is 32.3. The van der Waals surface area contributed by atoms with Gasteiger partial charge in [0.2, 0.25) is 0 Å². The fraction of sp³-hybridized carbons (Fsp3) is 1.00. The van der Waals surface area contributed by atoms with Crippen molar-refractivity contribution in [3.63, 3.8) is 0 Å². The van der Waals surface area contributed by atoms with E-state index in [1.54, 1.807) is 0 Å². The van der Waals surface area contributed by atoms with E-state index in [1.807, 2.05) is 0 Å². The van der Waals surface area contributed by atoms with Gasteiger partial charge >= 0.3 is 20.5 Å². The van der Waals surface area contributed by atoms with E-state index in [1.165, 1.54) is 0 Å². The Kier molecular flexibility index (Phi) is 9.06. The summed E-state index contributed by atoms with van der Waals surface area (Å²) in [6, 6.07) is 0. The Morgan fingerprint density at radius 2 is 1.52 bits per heavy atom. The van der Waals surface area contributed by atoms with Gasteiger partial charge in [0.25, 0.3) is 0 Å². The summed E-state index contributed by atoms with van der Waals surface area (Å²) < 4.78 is 82.0. The number of aliphatic hydroxyl groups is 5. The van der Waals surface area contributed by atoms with Crippen LogP contribution in [-0.2, 0) is 48.0 Å². The second-order valence-corrected chi connectivity index (χ2v) is 9.15. The number of hydrogen-bond donors (Lipinski definition) is 7. The maximum Gasteiger partial charge on any atom is 0.397 e. The molecule has 2 aliphatic rings. The highest BCUT2D eigenvalue weighted by Gasteiger charge is 2.56. The summed E-state index contributed by atoms with van der Waals surface area (Å²) in [4.78, 5) is 0. The monoisotopic (exact) mass is 502 g/mol. The summed E-state index contributed by atoms with van der Waals surface area (Å²) in [5, 5.41) is 54.8. The number of aliphatic hydroxyl groups excluding tert-OH is 5. The normalized spacial score (nSPS) is 39.6. The molecule has 184 valence electrons. The van der Waals surface area contributed by atoms with Crippen molar-refractivity contribution in [2.45, 2.75) is 54.5 Å². The second-order valence-electron chi connectivity index (χ2n) is 6.38. The lowest BCUT2D eigenvalue weighted by Crippen LogP contribution is -2.62. The Morgan fingerprint density at radius 1 is 0.871 bits per heavy atom. The van der Waals surface area contributed by atoms with Gasteiger partial charge in [-0.15, -0.1) is 4.33 Å². The summed E-state index contributed by atoms with van der Waals surface area (Å²) in [6.45, 7) is -2.80. The van der Waals surface area contributed by atoms with E-state index in [0.29, 0.717) is 0 Å². The van der Waals surface area contributed by atoms with Crippen molar-refractivity contribution in [2.75, 3.05) is 20.0 Å². The van der Waals surface area contributed by atoms with Gasteiger partial charge in [0, 0.05) is 0 Å². The molecule has 17 nitrogen and oxygen atoms in total. The van der Waals surface area contributed by atoms with Gasteiger partial charge < -0.3 is 44.5 Å². The molecule has 2 aliphatic heterocycles. The summed E-state index contributed by atoms with van der Waals surface area (Å²) in [5.41, 5.74) is 0. The molecule has 0 amide bonds. The maximum atomic E-state index is 12.0. The molecule has 2 saturated heterocycles. The van der Waals surface area contributed by atoms with E-state index in [9.17, 15) is 37.3 Å². The summed E-state index contributed by atoms with van der Waals surface area (Å²) in [5.74, 6) is 0. The average molecular weight is 502 g/mol. The lowest BCUT2D eigenvalue weighted by molar-refractivity contribution is -0.339. The highest BCUT2D eigenvalue weighted by Crippen LogP contribution is 2.33. The minimum absolute atomic E-state index is 0.798. The Bertz CT molecular complexity index is 785. The number of ether oxygens (including phenoxy) is 4. The molecule has 9 unspecified atom stereocenters. The fourth-order valence-electron chi connectivity index (χ4n) is 3.06. The van der Waals surface area contributed by atoms with Crippen molar-refractivity contribution in [1.29, 1.82) is 0 Å². The molecule has 7 N–H and O–H groups in total. The van der Waals surface area contributed by atoms with E-state index in [4.69, 9.17) is 29.1 Å². The zero-order valence-electron chi connectivity index (χ0n) is 15.3. The topological polar surface area (TPSA) is 265 Å². The molecule has 0 aromatic carbocycles. The Balaban J connectivity index is 2.33. The first kappa shape index (κ1) is 26.6. The van der Waals surface area contributed by atoms with E-state index in [0.717, 1.165) is 0 Å². The predicted octanol–water partition coefficient (Wildman–Crippen LogP) is -5.13. The average Bonchev–Trinajstić information content (AvgIpc) is 2.98. The zero-order valence-corrected chi connectivity index (χ0v) is 17.0. The second kappa shape index (κ2) is 10.5. The predicted molar refractivity (Wildman–Crippen MR) is 89.4 cm³/mol. The van der Waals surface area contributed by atoms with Gasteiger partial charge in [-0.3, -0.25) is 4.55 Å². The molecular weight excluding hydrogens is 480 g/mol. The minimum Gasteiger partial charge on any atom is -0.394 e. The van der Waals surface area contributed by atoms with Crippen molar-refractivity contribution < 1.29 is 79.6 Å². The van der Waals surface area contributed by atoms with Crippen molar-refractivity contribution >= 4 is 20.5 Å². The van der Waals surface area contributed by atoms with Crippen LogP contribution in [0, 0.1) is 0 Å². The van der Waals surface area contributed by atoms with E-state index < -0.39 is 95.0 Å². The SMILES string of the molecule is O=S(=O)(O)OCC1OC(CO)C(O)C1OC1OC(OCO)C(O)C(O)C1S(=O)(=O)OO. The third-order valence-corrected chi connectivity index (χ3v) is 6.27. The lowest BCUT2D eigenvalue weighted by Gasteiger charge is -2.41. The summed E-state index contributed by atoms with van der Waals surface area (Å²) >= 11 is 0. The van der Waals surface area contributed by atoms with Crippen LogP contribution in [0.3, 0.4) is 0 Å². The molecule has 2 heterocycles. The molecule has 31 heavy (non-hydrogen) atoms. The van der Waals surface area contributed by atoms with Gasteiger partial charge in [0.05, 0.1) is 13.2 Å². The molecule has 0 aromatic heterocycles. The first-order valence-corrected chi connectivity index (χ1v) is 11.2. The third-order valence-electron chi connectivity index (χ3n) is 4.46. The summed E-state index contributed by atoms with van der Waals surface area (Å²) in [7, 11) is -10.0. The quantitative estimate of drug-likeness (QED) is 0.0637. The van der Waals surface area contributed by atoms with Gasteiger partial charge in [-0.2, -0.15) is 16.8 Å². The van der Waals surface area contributed by atoms with E-state index in [2.05, 4.69) is 13.3 Å². The lowest BCUT2D eigenvalue weighted by atomic mass is 10.1. The first-order valence-electron chi connectivity index (χ1n) is 8.38. The fourth-order valence-corrected chi connectivity index (χ4v) is 4.37. The molecule has 0 bridgehead atoms. The van der Waals surface area contributed by atoms with Crippen LogP contribution in [0.25, 0.3) is 0 Å². The number of hydrogen-bond acceptors (Lipinski definition) is 16. The van der Waals surface area contributed by atoms with Crippen molar-refractivity contribution in [3.8, 4) is 0 Å². The van der Waals surface area contributed by atoms with Crippen LogP contribution in [0.2, 0.25) is 0 Å². The molecular formula is C12H22O17S2. The number of rotatable bonds is 10. The van der Waals surface area contributed by atoms with Gasteiger partial charge in [-0.25, -0.2) is 9.44 Å². The van der Waals surface area contributed by atoms with E-state index >= 15 is 0 Å². The molecule has 0 aromatic rings. The minimum atomic E-state index is -5.08. The molecule has 2 fully saturated rings. The van der Waals surface area contributed by atoms with Crippen LogP contribution in [-0.4, -0.2) is 127 Å². The van der Waals surface area contributed by atoms with Crippen LogP contribution >= 0.6 is 0 Å². The van der Waals surface area contributed by atoms with Gasteiger partial charge in [0.15, 0.2) is 17.8 Å². The van der Waals surface area contributed by atoms with Crippen LogP contribution in [0.1, 0.15) is 0 Å². The standard InChI is InChI=1S/C12H22O17S2/c13-1-4-6(15)9(5(26-4)2-25-31(21,22)23)27-12-10(30(19,20)29-18)7(16)8(17)11(28-12)24-3-14/h4-18H,1-3H2,(H,21,22,23). The Labute approximate surface area is 175 Å². The smallest absolute Gasteiger partial charge is 0.394 e. The highest BCUT2D eigenvalue weighted by molar-refractivity contribution is 7.87. The largest absolute Gasteiger partial charge is 0.397 e. The van der Waals surface area contributed by atoms with Crippen molar-refractivity contribution in [3.05, 3.63) is 0 Å². The zero-order chi connectivity index (χ0) is 23.6. The van der Waals surface area contributed by atoms with Crippen molar-refractivity contribution in [1.82, 2.24) is 0 Å². The first-order chi connectivity index (χ1) is 14.4. The van der Waals surface area contributed by atoms with E-state index in [-0.39, 0.29) is 0 Å². The third kappa shape index (κ3) is 6.25.